The maximum atomic E-state index is 7.23. The lowest BCUT2D eigenvalue weighted by Crippen LogP contribution is -2.47. The van der Waals surface area contributed by atoms with Crippen molar-refractivity contribution in [3.63, 3.8) is 0 Å². The summed E-state index contributed by atoms with van der Waals surface area (Å²) in [4.78, 5) is 0. The van der Waals surface area contributed by atoms with Crippen molar-refractivity contribution in [1.82, 2.24) is 0 Å². The summed E-state index contributed by atoms with van der Waals surface area (Å²) in [7, 11) is -1.01. The molecule has 1 fully saturated rings. The molecule has 0 aromatic heterocycles. The summed E-state index contributed by atoms with van der Waals surface area (Å²) in [6.07, 6.45) is 0.366. The van der Waals surface area contributed by atoms with Gasteiger partial charge < -0.3 is 18.5 Å². The van der Waals surface area contributed by atoms with Gasteiger partial charge in [0.15, 0.2) is 0 Å². The normalized spacial score (nSPS) is 18.1. The van der Waals surface area contributed by atoms with Gasteiger partial charge in [-0.25, -0.2) is 0 Å². The second kappa shape index (κ2) is 11.2. The van der Waals surface area contributed by atoms with E-state index in [1.165, 1.54) is 5.19 Å². The Bertz CT molecular complexity index is 1190. The molecule has 4 rings (SSSR count). The Morgan fingerprint density at radius 3 is 1.89 bits per heavy atom. The zero-order valence-electron chi connectivity index (χ0n) is 23.9. The van der Waals surface area contributed by atoms with E-state index in [1.807, 2.05) is 24.3 Å². The summed E-state index contributed by atoms with van der Waals surface area (Å²) in [5, 5.41) is 1.25. The fourth-order valence-corrected chi connectivity index (χ4v) is 7.05. The van der Waals surface area contributed by atoms with Crippen LogP contribution in [0.4, 0.5) is 0 Å². The molecule has 2 atom stereocenters. The molecule has 3 aromatic carbocycles. The zero-order valence-corrected chi connectivity index (χ0v) is 24.9. The molecule has 0 spiro atoms. The van der Waals surface area contributed by atoms with Crippen LogP contribution in [-0.2, 0) is 13.7 Å². The number of hydrogen-bond acceptors (Lipinski definition) is 4. The van der Waals surface area contributed by atoms with Gasteiger partial charge in [-0.15, -0.1) is 0 Å². The van der Waals surface area contributed by atoms with Crippen LogP contribution in [0.2, 0.25) is 19.4 Å². The molecule has 0 radical (unpaired) electrons. The summed E-state index contributed by atoms with van der Waals surface area (Å²) in [5.74, 6) is 0.729. The Balaban J connectivity index is 1.78. The molecule has 1 aliphatic heterocycles. The summed E-state index contributed by atoms with van der Waals surface area (Å²) in [5.41, 5.74) is 2.37. The Kier molecular flexibility index (Phi) is 8.38. The van der Waals surface area contributed by atoms with Gasteiger partial charge in [-0.05, 0) is 81.1 Å². The van der Waals surface area contributed by atoms with E-state index >= 15 is 0 Å². The van der Waals surface area contributed by atoms with Crippen molar-refractivity contribution in [3.8, 4) is 5.75 Å². The minimum Gasteiger partial charge on any atom is -0.497 e. The van der Waals surface area contributed by atoms with E-state index in [2.05, 4.69) is 108 Å². The molecule has 0 bridgehead atoms. The van der Waals surface area contributed by atoms with Crippen molar-refractivity contribution >= 4 is 26.2 Å². The Morgan fingerprint density at radius 2 is 1.37 bits per heavy atom. The van der Waals surface area contributed by atoms with Crippen LogP contribution in [0.1, 0.15) is 44.9 Å². The van der Waals surface area contributed by atoms with Crippen molar-refractivity contribution < 1.29 is 18.5 Å². The molecule has 6 heteroatoms. The van der Waals surface area contributed by atoms with E-state index < -0.39 is 19.5 Å². The van der Waals surface area contributed by atoms with Crippen LogP contribution in [0.5, 0.6) is 5.75 Å². The van der Waals surface area contributed by atoms with Crippen LogP contribution in [0.25, 0.3) is 5.57 Å². The van der Waals surface area contributed by atoms with Gasteiger partial charge in [0.25, 0.3) is 0 Å². The van der Waals surface area contributed by atoms with Crippen molar-refractivity contribution in [3.05, 3.63) is 103 Å². The highest BCUT2D eigenvalue weighted by atomic mass is 28.4. The number of ether oxygens (including phenoxy) is 1. The van der Waals surface area contributed by atoms with Gasteiger partial charge in [0, 0.05) is 5.92 Å². The largest absolute Gasteiger partial charge is 0.497 e. The first-order valence-electron chi connectivity index (χ1n) is 13.4. The first-order valence-corrected chi connectivity index (χ1v) is 16.3. The van der Waals surface area contributed by atoms with Crippen molar-refractivity contribution in [2.24, 2.45) is 5.92 Å². The third kappa shape index (κ3) is 6.15. The minimum atomic E-state index is -2.32. The molecule has 1 aliphatic rings. The molecule has 0 N–H and O–H groups in total. The smallest absolute Gasteiger partial charge is 0.458 e. The first kappa shape index (κ1) is 28.4. The molecule has 3 aromatic rings. The zero-order chi connectivity index (χ0) is 27.6. The molecule has 0 aliphatic carbocycles. The number of rotatable bonds is 10. The molecule has 200 valence electrons. The van der Waals surface area contributed by atoms with Crippen LogP contribution in [0.3, 0.4) is 0 Å². The monoisotopic (exact) mass is 528 g/mol. The molecule has 1 saturated heterocycles. The summed E-state index contributed by atoms with van der Waals surface area (Å²) in [6.45, 7) is 17.5. The first-order chi connectivity index (χ1) is 17.9. The second-order valence-corrected chi connectivity index (χ2v) is 15.4. The second-order valence-electron chi connectivity index (χ2n) is 11.6. The summed E-state index contributed by atoms with van der Waals surface area (Å²) < 4.78 is 25.7. The van der Waals surface area contributed by atoms with Gasteiger partial charge >= 0.3 is 7.12 Å². The lowest BCUT2D eigenvalue weighted by molar-refractivity contribution is 0.00578. The standard InChI is InChI=1S/C32H41BO4Si/c1-24(25-15-11-9-12-16-25)29(23-33-36-31(2,3)32(4,5)37-33)30(26-19-21-27(34-6)22-20-26)35-38(7,8)28-17-13-10-14-18-28/h9-22,29-30H,1,23H2,2-8H3. The molecule has 0 saturated carbocycles. The number of methoxy groups -OCH3 is 1. The van der Waals surface area contributed by atoms with Gasteiger partial charge in [0.05, 0.1) is 24.4 Å². The molecule has 4 nitrogen and oxygen atoms in total. The predicted octanol–water partition coefficient (Wildman–Crippen LogP) is 7.29. The van der Waals surface area contributed by atoms with E-state index in [4.69, 9.17) is 18.5 Å². The fourth-order valence-electron chi connectivity index (χ4n) is 4.98. The quantitative estimate of drug-likeness (QED) is 0.259. The van der Waals surface area contributed by atoms with Crippen LogP contribution in [0, 0.1) is 5.92 Å². The SMILES string of the molecule is C=C(c1ccccc1)C(CB1OC(C)(C)C(C)(C)O1)C(O[Si](C)(C)c1ccccc1)c1ccc(OC)cc1. The third-order valence-electron chi connectivity index (χ3n) is 8.04. The maximum Gasteiger partial charge on any atom is 0.458 e. The van der Waals surface area contributed by atoms with Gasteiger partial charge in [-0.3, -0.25) is 0 Å². The Hall–Kier alpha value is -2.64. The lowest BCUT2D eigenvalue weighted by Gasteiger charge is -2.36. The molecule has 1 heterocycles. The van der Waals surface area contributed by atoms with E-state index in [0.29, 0.717) is 6.32 Å². The van der Waals surface area contributed by atoms with E-state index in [1.54, 1.807) is 7.11 Å². The average Bonchev–Trinajstić information content (AvgIpc) is 3.12. The minimum absolute atomic E-state index is 0.0871. The van der Waals surface area contributed by atoms with E-state index in [-0.39, 0.29) is 19.1 Å². The van der Waals surface area contributed by atoms with Crippen LogP contribution >= 0.6 is 0 Å². The average molecular weight is 529 g/mol. The van der Waals surface area contributed by atoms with Crippen molar-refractivity contribution in [2.45, 2.75) is 64.4 Å². The molecular weight excluding hydrogens is 487 g/mol. The number of benzene rings is 3. The fraction of sp³-hybridized carbons (Fsp3) is 0.375. The summed E-state index contributed by atoms with van der Waals surface area (Å²) in [6, 6.07) is 29.1. The molecular formula is C32H41BO4Si. The lowest BCUT2D eigenvalue weighted by atomic mass is 9.70. The number of hydrogen-bond donors (Lipinski definition) is 0. The highest BCUT2D eigenvalue weighted by Gasteiger charge is 2.52. The van der Waals surface area contributed by atoms with Crippen LogP contribution in [-0.4, -0.2) is 33.7 Å². The molecule has 2 unspecified atom stereocenters. The van der Waals surface area contributed by atoms with E-state index in [9.17, 15) is 0 Å². The van der Waals surface area contributed by atoms with Gasteiger partial charge in [-0.1, -0.05) is 79.4 Å². The van der Waals surface area contributed by atoms with Crippen LogP contribution < -0.4 is 9.92 Å². The van der Waals surface area contributed by atoms with Crippen LogP contribution in [0.15, 0.2) is 91.5 Å². The predicted molar refractivity (Wildman–Crippen MR) is 160 cm³/mol. The van der Waals surface area contributed by atoms with Gasteiger partial charge in [0.1, 0.15) is 5.75 Å². The van der Waals surface area contributed by atoms with E-state index in [0.717, 1.165) is 22.4 Å². The Morgan fingerprint density at radius 1 is 0.842 bits per heavy atom. The highest BCUT2D eigenvalue weighted by molar-refractivity contribution is 6.84. The maximum absolute atomic E-state index is 7.23. The van der Waals surface area contributed by atoms with Gasteiger partial charge in [0.2, 0.25) is 8.32 Å². The Labute approximate surface area is 230 Å². The third-order valence-corrected chi connectivity index (χ3v) is 10.6. The van der Waals surface area contributed by atoms with Crippen molar-refractivity contribution in [2.75, 3.05) is 7.11 Å². The summed E-state index contributed by atoms with van der Waals surface area (Å²) >= 11 is 0. The molecule has 38 heavy (non-hydrogen) atoms. The van der Waals surface area contributed by atoms with Gasteiger partial charge in [-0.2, -0.15) is 0 Å². The topological polar surface area (TPSA) is 36.9 Å². The van der Waals surface area contributed by atoms with Crippen molar-refractivity contribution in [1.29, 1.82) is 0 Å². The molecule has 0 amide bonds. The highest BCUT2D eigenvalue weighted by Crippen LogP contribution is 2.45.